The topological polar surface area (TPSA) is 527 Å². The molecule has 16 amide bonds. The number of pyridine rings is 1. The minimum absolute atomic E-state index is 0.0280. The third kappa shape index (κ3) is 30.9. The van der Waals surface area contributed by atoms with Gasteiger partial charge in [-0.25, -0.2) is 9.59 Å². The number of carbonyl (C=O) groups is 14. The lowest BCUT2D eigenvalue weighted by molar-refractivity contribution is -0.142. The Bertz CT molecular complexity index is 4550. The van der Waals surface area contributed by atoms with E-state index in [4.69, 9.17) is 39.3 Å². The third-order valence-electron chi connectivity index (χ3n) is 20.4. The molecular weight excluding hydrogens is 1580 g/mol. The van der Waals surface area contributed by atoms with Gasteiger partial charge in [-0.05, 0) is 132 Å². The van der Waals surface area contributed by atoms with Gasteiger partial charge in [0, 0.05) is 87.4 Å². The molecule has 0 bridgehead atoms. The summed E-state index contributed by atoms with van der Waals surface area (Å²) in [5.74, 6) is -10.8. The Hall–Kier alpha value is -12.2. The lowest BCUT2D eigenvalue weighted by Crippen LogP contribution is -2.62. The van der Waals surface area contributed by atoms with Crippen LogP contribution in [0.1, 0.15) is 107 Å². The molecule has 3 heterocycles. The van der Waals surface area contributed by atoms with E-state index in [1.807, 2.05) is 62.4 Å². The molecule has 10 atom stereocenters. The number of morpholine rings is 1. The minimum atomic E-state index is -1.88. The SMILES string of the molecule is CC(C)C[C@H](NC(=O)[C@@H](Cc1ccc(NC(=O)N(CC(N)=O)CC(N)=O)cc1)NC(=O)[C@H](Cc1ccc(CN2CCOCC2)cc1)NC(=O)[C@H](CO)NC(=O)[C@@H](Cc1cccnc1)NC(=O)[C@@H](Cc1ccc(Cl)cc1)NC(=O)[C@@H](Cc1ccc2ccccc2c1)NC(N)=O)C(=O)N[C@@H](CCCCNC(C)C)C(=O)N1CCC[C@H]1C(=O)N[C@H](C)C(N)=O. The van der Waals surface area contributed by atoms with Crippen molar-refractivity contribution in [3.63, 3.8) is 0 Å². The highest BCUT2D eigenvalue weighted by Crippen LogP contribution is 2.24. The Labute approximate surface area is 707 Å². The van der Waals surface area contributed by atoms with E-state index in [9.17, 15) is 43.5 Å². The molecule has 0 saturated carbocycles. The zero-order valence-corrected chi connectivity index (χ0v) is 69.4. The van der Waals surface area contributed by atoms with Crippen molar-refractivity contribution >= 4 is 111 Å². The third-order valence-corrected chi connectivity index (χ3v) is 20.7. The highest BCUT2D eigenvalue weighted by molar-refractivity contribution is 6.30. The van der Waals surface area contributed by atoms with Crippen LogP contribution in [0, 0.1) is 5.92 Å². The number of nitrogens with zero attached hydrogens (tertiary/aromatic N) is 4. The predicted molar refractivity (Wildman–Crippen MR) is 451 cm³/mol. The number of hydrogen-bond donors (Lipinski definition) is 16. The molecule has 0 radical (unpaired) electrons. The number of nitrogens with two attached hydrogens (primary N) is 4. The molecule has 36 heteroatoms. The van der Waals surface area contributed by atoms with E-state index in [1.54, 1.807) is 68.4 Å². The van der Waals surface area contributed by atoms with Gasteiger partial charge in [-0.2, -0.15) is 0 Å². The minimum Gasteiger partial charge on any atom is -0.394 e. The first kappa shape index (κ1) is 94.3. The molecule has 8 rings (SSSR count). The Morgan fingerprint density at radius 1 is 0.521 bits per heavy atom. The molecule has 5 aromatic carbocycles. The number of amides is 16. The Morgan fingerprint density at radius 3 is 1.52 bits per heavy atom. The maximum atomic E-state index is 15.6. The average Bonchev–Trinajstić information content (AvgIpc) is 1.81. The number of aromatic nitrogens is 1. The summed E-state index contributed by atoms with van der Waals surface area (Å²) in [7, 11) is 0. The summed E-state index contributed by atoms with van der Waals surface area (Å²) in [5.41, 5.74) is 25.3. The number of benzene rings is 5. The molecule has 0 aliphatic carbocycles. The largest absolute Gasteiger partial charge is 0.394 e. The number of unbranched alkanes of at least 4 members (excludes halogenated alkanes) is 1. The standard InChI is InChI=1S/C85H112ClN19O16/c1-50(2)38-64(75(110)95-63(15-8-9-32-92-51(3)4)83(118)105-33-11-16-71(105)82(117)93-52(5)74(89)109)96-76(111)66(42-55-24-29-62(30-25-55)94-85(120)104(47-72(87)107)48-73(88)108)97-78(113)67(40-53-17-19-56(20-18-53)46-103-34-36-121-37-35-103)100-81(116)70(49-106)101-79(114)68(44-58-12-10-31-91-45-58)99-77(112)65(41-54-22-27-61(86)28-23-54)98-80(115)69(102-84(90)119)43-57-21-26-59-13-6-7-14-60(59)39-57/h6-7,10,12-14,17-31,39,45,50-52,63-71,92,106H,8-9,11,15-16,32-38,40-44,46-49H2,1-5H3,(H2,87,107)(H2,88,108)(H2,89,109)(H,93,117)(H,94,120)(H,95,110)(H,96,111)(H,97,113)(H,98,115)(H,99,112)(H,100,116)(H,101,114)(H3,90,102,119)/t52-,63+,64+,65-,66-,67+,68-,69-,70+,71+/m1/s1. The van der Waals surface area contributed by atoms with Crippen molar-refractivity contribution in [1.29, 1.82) is 0 Å². The molecule has 2 fully saturated rings. The molecule has 121 heavy (non-hydrogen) atoms. The first-order valence-corrected chi connectivity index (χ1v) is 40.8. The highest BCUT2D eigenvalue weighted by Gasteiger charge is 2.41. The molecule has 0 unspecified atom stereocenters. The van der Waals surface area contributed by atoms with Crippen molar-refractivity contribution in [2.45, 2.75) is 178 Å². The van der Waals surface area contributed by atoms with Gasteiger partial charge < -0.3 is 101 Å². The summed E-state index contributed by atoms with van der Waals surface area (Å²) in [5, 5.41) is 43.5. The van der Waals surface area contributed by atoms with Crippen LogP contribution in [0.3, 0.4) is 0 Å². The van der Waals surface area contributed by atoms with E-state index in [0.717, 1.165) is 21.2 Å². The van der Waals surface area contributed by atoms with E-state index >= 15 is 28.8 Å². The molecule has 2 saturated heterocycles. The van der Waals surface area contributed by atoms with Gasteiger partial charge in [0.25, 0.3) is 0 Å². The van der Waals surface area contributed by atoms with Gasteiger partial charge in [0.2, 0.25) is 70.9 Å². The zero-order valence-electron chi connectivity index (χ0n) is 68.6. The Morgan fingerprint density at radius 2 is 1.00 bits per heavy atom. The number of likely N-dealkylation sites (tertiary alicyclic amines) is 1. The summed E-state index contributed by atoms with van der Waals surface area (Å²) in [6.07, 6.45) is 3.47. The summed E-state index contributed by atoms with van der Waals surface area (Å²) >= 11 is 6.28. The molecule has 2 aliphatic heterocycles. The molecule has 650 valence electrons. The summed E-state index contributed by atoms with van der Waals surface area (Å²) in [4.78, 5) is 205. The van der Waals surface area contributed by atoms with Crippen molar-refractivity contribution in [2.24, 2.45) is 28.9 Å². The lowest BCUT2D eigenvalue weighted by atomic mass is 9.99. The maximum absolute atomic E-state index is 15.6. The summed E-state index contributed by atoms with van der Waals surface area (Å²) < 4.78 is 5.56. The number of aliphatic hydroxyl groups excluding tert-OH is 1. The number of urea groups is 2. The van der Waals surface area contributed by atoms with E-state index in [-0.39, 0.29) is 75.6 Å². The zero-order chi connectivity index (χ0) is 87.8. The second-order valence-corrected chi connectivity index (χ2v) is 31.5. The van der Waals surface area contributed by atoms with Gasteiger partial charge in [-0.15, -0.1) is 0 Å². The van der Waals surface area contributed by atoms with E-state index in [0.29, 0.717) is 91.5 Å². The van der Waals surface area contributed by atoms with E-state index in [1.165, 1.54) is 48.5 Å². The second-order valence-electron chi connectivity index (χ2n) is 31.0. The van der Waals surface area contributed by atoms with Crippen LogP contribution in [0.2, 0.25) is 5.02 Å². The molecule has 35 nitrogen and oxygen atoms in total. The predicted octanol–water partition coefficient (Wildman–Crippen LogP) is 0.656. The number of nitrogens with one attached hydrogen (secondary N) is 11. The number of hydrogen-bond acceptors (Lipinski definition) is 19. The van der Waals surface area contributed by atoms with Gasteiger partial charge in [-0.1, -0.05) is 136 Å². The fourth-order valence-electron chi connectivity index (χ4n) is 14.0. The van der Waals surface area contributed by atoms with Crippen molar-refractivity contribution in [3.8, 4) is 0 Å². The van der Waals surface area contributed by atoms with Crippen LogP contribution in [0.5, 0.6) is 0 Å². The molecule has 0 spiro atoms. The molecule has 20 N–H and O–H groups in total. The molecule has 1 aromatic heterocycles. The fourth-order valence-corrected chi connectivity index (χ4v) is 14.1. The Balaban J connectivity index is 1.11. The number of halogens is 1. The summed E-state index contributed by atoms with van der Waals surface area (Å²) in [6.45, 7) is 10.2. The fraction of sp³-hybridized carbons (Fsp3) is 0.447. The number of primary amides is 4. The van der Waals surface area contributed by atoms with Crippen molar-refractivity contribution < 1.29 is 77.0 Å². The van der Waals surface area contributed by atoms with Crippen molar-refractivity contribution in [3.05, 3.63) is 178 Å². The molecule has 2 aliphatic rings. The molecule has 6 aromatic rings. The van der Waals surface area contributed by atoms with Crippen LogP contribution in [-0.2, 0) is 101 Å². The first-order valence-electron chi connectivity index (χ1n) is 40.4. The van der Waals surface area contributed by atoms with Crippen LogP contribution in [0.4, 0.5) is 15.3 Å². The van der Waals surface area contributed by atoms with Gasteiger partial charge in [0.1, 0.15) is 73.5 Å². The summed E-state index contributed by atoms with van der Waals surface area (Å²) in [6, 6.07) is 19.5. The number of carbonyl (C=O) groups excluding carboxylic acids is 14. The van der Waals surface area contributed by atoms with Crippen LogP contribution >= 0.6 is 11.6 Å². The van der Waals surface area contributed by atoms with Crippen molar-refractivity contribution in [2.75, 3.05) is 64.4 Å². The number of aliphatic hydroxyl groups is 1. The van der Waals surface area contributed by atoms with E-state index < -0.39 is 163 Å². The van der Waals surface area contributed by atoms with Gasteiger partial charge in [0.05, 0.1) is 19.8 Å². The number of rotatable bonds is 45. The highest BCUT2D eigenvalue weighted by atomic mass is 35.5. The van der Waals surface area contributed by atoms with E-state index in [2.05, 4.69) is 68.4 Å². The monoisotopic (exact) mass is 1690 g/mol. The number of ether oxygens (including phenoxy) is 1. The first-order chi connectivity index (χ1) is 57.8. The maximum Gasteiger partial charge on any atom is 0.322 e. The normalized spacial score (nSPS) is 15.6. The number of anilines is 1. The van der Waals surface area contributed by atoms with Gasteiger partial charge in [0.15, 0.2) is 0 Å². The van der Waals surface area contributed by atoms with Gasteiger partial charge >= 0.3 is 12.1 Å². The second kappa shape index (κ2) is 47.0. The van der Waals surface area contributed by atoms with Crippen LogP contribution < -0.4 is 81.4 Å². The quantitative estimate of drug-likeness (QED) is 0.0233. The lowest BCUT2D eigenvalue weighted by Gasteiger charge is -2.31. The van der Waals surface area contributed by atoms with Crippen LogP contribution in [0.15, 0.2) is 140 Å². The Kier molecular flexibility index (Phi) is 36.6. The smallest absolute Gasteiger partial charge is 0.322 e. The number of fused-ring (bicyclic) bond motifs is 1. The van der Waals surface area contributed by atoms with Crippen LogP contribution in [0.25, 0.3) is 10.8 Å². The average molecular weight is 1690 g/mol. The van der Waals surface area contributed by atoms with Gasteiger partial charge in [-0.3, -0.25) is 67.4 Å². The van der Waals surface area contributed by atoms with Crippen LogP contribution in [-0.4, -0.2) is 233 Å². The molecular formula is C85H112ClN19O16. The van der Waals surface area contributed by atoms with Crippen molar-refractivity contribution in [1.82, 2.24) is 72.9 Å².